The van der Waals surface area contributed by atoms with Gasteiger partial charge < -0.3 is 14.9 Å². The van der Waals surface area contributed by atoms with Gasteiger partial charge in [0.05, 0.1) is 0 Å². The van der Waals surface area contributed by atoms with Gasteiger partial charge in [-0.25, -0.2) is 14.8 Å². The first-order valence-corrected chi connectivity index (χ1v) is 5.68. The molecule has 1 N–H and O–H groups in total. The molecule has 1 aliphatic heterocycles. The molecule has 17 heavy (non-hydrogen) atoms. The van der Waals surface area contributed by atoms with E-state index in [1.807, 2.05) is 11.8 Å². The van der Waals surface area contributed by atoms with Gasteiger partial charge in [0.1, 0.15) is 0 Å². The Kier molecular flexibility index (Phi) is 3.33. The van der Waals surface area contributed by atoms with Gasteiger partial charge in [-0.3, -0.25) is 0 Å². The van der Waals surface area contributed by atoms with E-state index in [0.29, 0.717) is 30.6 Å². The summed E-state index contributed by atoms with van der Waals surface area (Å²) in [4.78, 5) is 22.4. The molecule has 1 saturated heterocycles. The third-order valence-corrected chi connectivity index (χ3v) is 3.07. The van der Waals surface area contributed by atoms with Crippen LogP contribution in [-0.4, -0.2) is 51.7 Å². The van der Waals surface area contributed by atoms with Gasteiger partial charge in [0, 0.05) is 38.1 Å². The average molecular weight is 257 g/mol. The lowest BCUT2D eigenvalue weighted by molar-refractivity contribution is 0.136. The zero-order valence-electron chi connectivity index (χ0n) is 9.38. The van der Waals surface area contributed by atoms with E-state index in [9.17, 15) is 4.79 Å². The topological polar surface area (TPSA) is 69.6 Å². The van der Waals surface area contributed by atoms with Crippen molar-refractivity contribution in [2.75, 3.05) is 24.5 Å². The van der Waals surface area contributed by atoms with Crippen LogP contribution in [0.5, 0.6) is 0 Å². The van der Waals surface area contributed by atoms with Crippen LogP contribution in [0.4, 0.5) is 10.6 Å². The number of halogens is 1. The Hall–Kier alpha value is -1.56. The fourth-order valence-corrected chi connectivity index (χ4v) is 2.17. The van der Waals surface area contributed by atoms with E-state index < -0.39 is 6.09 Å². The van der Waals surface area contributed by atoms with E-state index in [0.717, 1.165) is 0 Å². The molecule has 92 valence electrons. The maximum atomic E-state index is 10.9. The summed E-state index contributed by atoms with van der Waals surface area (Å²) >= 11 is 5.98. The number of nitrogens with zero attached hydrogens (tertiary/aromatic N) is 4. The normalized spacial score (nSPS) is 20.5. The maximum Gasteiger partial charge on any atom is 0.407 e. The van der Waals surface area contributed by atoms with Gasteiger partial charge in [0.25, 0.3) is 0 Å². The molecule has 0 aromatic carbocycles. The van der Waals surface area contributed by atoms with Gasteiger partial charge in [-0.2, -0.15) is 0 Å². The summed E-state index contributed by atoms with van der Waals surface area (Å²) in [5.41, 5.74) is 0. The van der Waals surface area contributed by atoms with Crippen molar-refractivity contribution in [3.05, 3.63) is 17.5 Å². The summed E-state index contributed by atoms with van der Waals surface area (Å²) in [5.74, 6) is 0.617. The summed E-state index contributed by atoms with van der Waals surface area (Å²) in [7, 11) is 0. The number of rotatable bonds is 1. The van der Waals surface area contributed by atoms with Crippen molar-refractivity contribution >= 4 is 23.5 Å². The third kappa shape index (κ3) is 2.41. The molecule has 1 atom stereocenters. The monoisotopic (exact) mass is 256 g/mol. The lowest BCUT2D eigenvalue weighted by Gasteiger charge is -2.39. The van der Waals surface area contributed by atoms with Crippen molar-refractivity contribution in [2.45, 2.75) is 13.0 Å². The van der Waals surface area contributed by atoms with Crippen molar-refractivity contribution < 1.29 is 9.90 Å². The number of anilines is 1. The molecular weight excluding hydrogens is 244 g/mol. The lowest BCUT2D eigenvalue weighted by atomic mass is 10.2. The van der Waals surface area contributed by atoms with Gasteiger partial charge in [0.15, 0.2) is 11.0 Å². The van der Waals surface area contributed by atoms with Gasteiger partial charge >= 0.3 is 6.09 Å². The Bertz CT molecular complexity index is 429. The number of hydrogen-bond donors (Lipinski definition) is 1. The quantitative estimate of drug-likeness (QED) is 0.821. The molecule has 2 rings (SSSR count). The summed E-state index contributed by atoms with van der Waals surface area (Å²) in [5, 5.41) is 9.27. The molecule has 1 aromatic heterocycles. The predicted octanol–water partition coefficient (Wildman–Crippen LogP) is 1.32. The summed E-state index contributed by atoms with van der Waals surface area (Å²) in [6, 6.07) is 0.0362. The minimum atomic E-state index is -0.887. The van der Waals surface area contributed by atoms with Crippen molar-refractivity contribution in [1.82, 2.24) is 14.9 Å². The SMILES string of the molecule is C[C@@H]1CN(C(=O)O)CCN1c1nccnc1Cl. The highest BCUT2D eigenvalue weighted by atomic mass is 35.5. The molecule has 0 saturated carbocycles. The summed E-state index contributed by atoms with van der Waals surface area (Å²) in [6.07, 6.45) is 2.23. The molecule has 0 bridgehead atoms. The Balaban J connectivity index is 2.15. The van der Waals surface area contributed by atoms with Gasteiger partial charge in [-0.15, -0.1) is 0 Å². The molecule has 0 aliphatic carbocycles. The Morgan fingerprint density at radius 2 is 2.18 bits per heavy atom. The number of aromatic nitrogens is 2. The summed E-state index contributed by atoms with van der Waals surface area (Å²) < 4.78 is 0. The van der Waals surface area contributed by atoms with Crippen molar-refractivity contribution in [3.8, 4) is 0 Å². The highest BCUT2D eigenvalue weighted by Crippen LogP contribution is 2.24. The molecule has 0 radical (unpaired) electrons. The molecular formula is C10H13ClN4O2. The first-order chi connectivity index (χ1) is 8.09. The fourth-order valence-electron chi connectivity index (χ4n) is 1.95. The van der Waals surface area contributed by atoms with Crippen LogP contribution in [0.3, 0.4) is 0 Å². The molecule has 1 fully saturated rings. The number of amides is 1. The van der Waals surface area contributed by atoms with Crippen LogP contribution in [-0.2, 0) is 0 Å². The first kappa shape index (κ1) is 11.9. The zero-order valence-corrected chi connectivity index (χ0v) is 10.1. The molecule has 1 amide bonds. The first-order valence-electron chi connectivity index (χ1n) is 5.30. The van der Waals surface area contributed by atoms with Crippen LogP contribution in [0.15, 0.2) is 12.4 Å². The van der Waals surface area contributed by atoms with Gasteiger partial charge in [-0.1, -0.05) is 11.6 Å². The van der Waals surface area contributed by atoms with Crippen LogP contribution < -0.4 is 4.90 Å². The largest absolute Gasteiger partial charge is 0.465 e. The second kappa shape index (κ2) is 4.75. The van der Waals surface area contributed by atoms with E-state index >= 15 is 0 Å². The van der Waals surface area contributed by atoms with E-state index in [-0.39, 0.29) is 6.04 Å². The highest BCUT2D eigenvalue weighted by Gasteiger charge is 2.28. The third-order valence-electron chi connectivity index (χ3n) is 2.81. The number of hydrogen-bond acceptors (Lipinski definition) is 4. The van der Waals surface area contributed by atoms with Crippen LogP contribution in [0.1, 0.15) is 6.92 Å². The Morgan fingerprint density at radius 3 is 2.76 bits per heavy atom. The molecule has 2 heterocycles. The molecule has 6 nitrogen and oxygen atoms in total. The zero-order chi connectivity index (χ0) is 12.4. The van der Waals surface area contributed by atoms with Crippen LogP contribution >= 0.6 is 11.6 Å². The molecule has 1 aromatic rings. The van der Waals surface area contributed by atoms with Crippen molar-refractivity contribution in [1.29, 1.82) is 0 Å². The maximum absolute atomic E-state index is 10.9. The van der Waals surface area contributed by atoms with Gasteiger partial charge in [-0.05, 0) is 6.92 Å². The number of piperazine rings is 1. The Morgan fingerprint density at radius 1 is 1.47 bits per heavy atom. The Labute approximate surface area is 104 Å². The minimum Gasteiger partial charge on any atom is -0.465 e. The summed E-state index contributed by atoms with van der Waals surface area (Å²) in [6.45, 7) is 3.42. The second-order valence-corrected chi connectivity index (χ2v) is 4.30. The highest BCUT2D eigenvalue weighted by molar-refractivity contribution is 6.31. The average Bonchev–Trinajstić information content (AvgIpc) is 2.30. The minimum absolute atomic E-state index is 0.0362. The van der Waals surface area contributed by atoms with E-state index in [1.165, 1.54) is 11.1 Å². The standard InChI is InChI=1S/C10H13ClN4O2/c1-7-6-14(10(16)17)4-5-15(7)9-8(11)12-2-3-13-9/h2-3,7H,4-6H2,1H3,(H,16,17)/t7-/m1/s1. The van der Waals surface area contributed by atoms with Crippen molar-refractivity contribution in [3.63, 3.8) is 0 Å². The van der Waals surface area contributed by atoms with Crippen molar-refractivity contribution in [2.24, 2.45) is 0 Å². The smallest absolute Gasteiger partial charge is 0.407 e. The second-order valence-electron chi connectivity index (χ2n) is 3.94. The molecule has 7 heteroatoms. The van der Waals surface area contributed by atoms with E-state index in [4.69, 9.17) is 16.7 Å². The van der Waals surface area contributed by atoms with Gasteiger partial charge in [0.2, 0.25) is 0 Å². The predicted molar refractivity (Wildman–Crippen MR) is 63.4 cm³/mol. The van der Waals surface area contributed by atoms with Crippen LogP contribution in [0, 0.1) is 0 Å². The number of carbonyl (C=O) groups is 1. The molecule has 0 unspecified atom stereocenters. The number of carboxylic acid groups (broad SMARTS) is 1. The fraction of sp³-hybridized carbons (Fsp3) is 0.500. The molecule has 0 spiro atoms. The molecule has 1 aliphatic rings. The van der Waals surface area contributed by atoms with E-state index in [1.54, 1.807) is 6.20 Å². The van der Waals surface area contributed by atoms with Crippen LogP contribution in [0.25, 0.3) is 0 Å². The lowest BCUT2D eigenvalue weighted by Crippen LogP contribution is -2.53. The van der Waals surface area contributed by atoms with Crippen LogP contribution in [0.2, 0.25) is 5.15 Å². The van der Waals surface area contributed by atoms with E-state index in [2.05, 4.69) is 9.97 Å².